The topological polar surface area (TPSA) is 66.2 Å². The summed E-state index contributed by atoms with van der Waals surface area (Å²) in [6, 6.07) is 14.4. The van der Waals surface area contributed by atoms with E-state index in [1.807, 2.05) is 31.2 Å². The van der Waals surface area contributed by atoms with E-state index in [1.165, 1.54) is 0 Å². The van der Waals surface area contributed by atoms with Gasteiger partial charge in [-0.15, -0.1) is 0 Å². The molecular weight excluding hydrogens is 270 g/mol. The van der Waals surface area contributed by atoms with Crippen LogP contribution in [0.2, 0.25) is 0 Å². The summed E-state index contributed by atoms with van der Waals surface area (Å²) in [7, 11) is 0. The van der Waals surface area contributed by atoms with Crippen molar-refractivity contribution in [3.05, 3.63) is 70.1 Å². The van der Waals surface area contributed by atoms with E-state index in [1.54, 1.807) is 24.3 Å². The summed E-state index contributed by atoms with van der Waals surface area (Å²) in [5.41, 5.74) is 8.64. The molecule has 0 bridgehead atoms. The molecule has 0 saturated heterocycles. The van der Waals surface area contributed by atoms with Gasteiger partial charge >= 0.3 is 0 Å². The minimum absolute atomic E-state index is 0.195. The molecule has 0 aliphatic carbocycles. The van der Waals surface area contributed by atoms with Gasteiger partial charge < -0.3 is 10.3 Å². The summed E-state index contributed by atoms with van der Waals surface area (Å²) in [4.78, 5) is 13.1. The molecule has 1 atom stereocenters. The molecule has 0 radical (unpaired) electrons. The van der Waals surface area contributed by atoms with Gasteiger partial charge in [0.1, 0.15) is 0 Å². The maximum atomic E-state index is 12.5. The predicted octanol–water partition coefficient (Wildman–Crippen LogP) is 2.63. The fraction of sp³-hybridized carbons (Fsp3) is 0.0625. The number of ketones is 1. The molecule has 3 nitrogen and oxygen atoms in total. The Morgan fingerprint density at radius 1 is 1.10 bits per heavy atom. The smallest absolute Gasteiger partial charge is 0.248 e. The number of aryl methyl sites for hydroxylation is 1. The van der Waals surface area contributed by atoms with Gasteiger partial charge in [-0.1, -0.05) is 36.4 Å². The van der Waals surface area contributed by atoms with Crippen molar-refractivity contribution in [2.75, 3.05) is 0 Å². The maximum Gasteiger partial charge on any atom is 0.248 e. The Morgan fingerprint density at radius 3 is 2.45 bits per heavy atom. The van der Waals surface area contributed by atoms with Crippen LogP contribution in [0.3, 0.4) is 0 Å². The van der Waals surface area contributed by atoms with Crippen molar-refractivity contribution in [1.29, 1.82) is 0 Å². The van der Waals surface area contributed by atoms with Crippen LogP contribution >= 0.6 is 0 Å². The van der Waals surface area contributed by atoms with E-state index in [9.17, 15) is 9.35 Å². The SMILES string of the molecule is Cc1ccccc1C(N)=C1C(=O)c2ccccc2[S+]1[O-]. The van der Waals surface area contributed by atoms with E-state index in [0.29, 0.717) is 16.2 Å². The molecule has 2 aromatic rings. The number of nitrogens with two attached hydrogens (primary N) is 1. The third-order valence-corrected chi connectivity index (χ3v) is 4.93. The van der Waals surface area contributed by atoms with Gasteiger partial charge in [0.2, 0.25) is 10.7 Å². The molecule has 3 rings (SSSR count). The van der Waals surface area contributed by atoms with E-state index in [2.05, 4.69) is 0 Å². The predicted molar refractivity (Wildman–Crippen MR) is 79.5 cm³/mol. The number of fused-ring (bicyclic) bond motifs is 1. The van der Waals surface area contributed by atoms with Crippen molar-refractivity contribution in [2.24, 2.45) is 5.73 Å². The first-order chi connectivity index (χ1) is 9.61. The second-order valence-electron chi connectivity index (χ2n) is 4.65. The zero-order valence-electron chi connectivity index (χ0n) is 10.9. The Hall–Kier alpha value is -2.04. The molecule has 1 aliphatic heterocycles. The highest BCUT2D eigenvalue weighted by molar-refractivity contribution is 7.97. The third kappa shape index (κ3) is 1.85. The molecular formula is C16H13NO2S. The van der Waals surface area contributed by atoms with Crippen LogP contribution in [0, 0.1) is 6.92 Å². The molecule has 2 N–H and O–H groups in total. The summed E-state index contributed by atoms with van der Waals surface area (Å²) < 4.78 is 12.5. The van der Waals surface area contributed by atoms with Gasteiger partial charge in [0.15, 0.2) is 4.90 Å². The lowest BCUT2D eigenvalue weighted by atomic mass is 10.0. The summed E-state index contributed by atoms with van der Waals surface area (Å²) in [5, 5.41) is 0. The second-order valence-corrected chi connectivity index (χ2v) is 6.04. The van der Waals surface area contributed by atoms with E-state index >= 15 is 0 Å². The lowest BCUT2D eigenvalue weighted by Crippen LogP contribution is -2.12. The van der Waals surface area contributed by atoms with Crippen LogP contribution < -0.4 is 5.73 Å². The number of allylic oxidation sites excluding steroid dienone is 1. The molecule has 4 heteroatoms. The van der Waals surface area contributed by atoms with Crippen LogP contribution in [0.15, 0.2) is 58.3 Å². The van der Waals surface area contributed by atoms with Gasteiger partial charge in [0.05, 0.1) is 11.3 Å². The van der Waals surface area contributed by atoms with Crippen LogP contribution in [0.4, 0.5) is 0 Å². The average Bonchev–Trinajstić information content (AvgIpc) is 2.71. The first-order valence-corrected chi connectivity index (χ1v) is 7.37. The number of hydrogen-bond donors (Lipinski definition) is 1. The van der Waals surface area contributed by atoms with Crippen molar-refractivity contribution in [3.63, 3.8) is 0 Å². The van der Waals surface area contributed by atoms with Crippen LogP contribution in [0.25, 0.3) is 5.70 Å². The molecule has 1 unspecified atom stereocenters. The van der Waals surface area contributed by atoms with Crippen LogP contribution in [0.5, 0.6) is 0 Å². The summed E-state index contributed by atoms with van der Waals surface area (Å²) in [6.45, 7) is 1.91. The molecule has 0 saturated carbocycles. The average molecular weight is 283 g/mol. The van der Waals surface area contributed by atoms with Crippen molar-refractivity contribution >= 4 is 22.7 Å². The number of rotatable bonds is 1. The van der Waals surface area contributed by atoms with E-state index in [4.69, 9.17) is 5.73 Å². The third-order valence-electron chi connectivity index (χ3n) is 3.40. The first kappa shape index (κ1) is 13.0. The Labute approximate surface area is 120 Å². The lowest BCUT2D eigenvalue weighted by Gasteiger charge is -2.09. The number of benzene rings is 2. The molecule has 1 aliphatic rings. The Morgan fingerprint density at radius 2 is 1.75 bits per heavy atom. The fourth-order valence-corrected chi connectivity index (χ4v) is 3.72. The van der Waals surface area contributed by atoms with Crippen molar-refractivity contribution in [2.45, 2.75) is 11.8 Å². The molecule has 1 heterocycles. The maximum absolute atomic E-state index is 12.5. The van der Waals surface area contributed by atoms with Crippen LogP contribution in [-0.2, 0) is 11.2 Å². The minimum Gasteiger partial charge on any atom is -0.606 e. The zero-order valence-corrected chi connectivity index (χ0v) is 11.7. The van der Waals surface area contributed by atoms with E-state index in [-0.39, 0.29) is 10.7 Å². The number of carbonyl (C=O) groups is 1. The van der Waals surface area contributed by atoms with Crippen LogP contribution in [0.1, 0.15) is 21.5 Å². The molecule has 0 aromatic heterocycles. The largest absolute Gasteiger partial charge is 0.606 e. The van der Waals surface area contributed by atoms with E-state index < -0.39 is 11.2 Å². The van der Waals surface area contributed by atoms with Crippen molar-refractivity contribution in [1.82, 2.24) is 0 Å². The number of Topliss-reactive ketones (excluding diaryl/α,β-unsaturated/α-hetero) is 1. The van der Waals surface area contributed by atoms with Gasteiger partial charge in [-0.05, 0) is 24.6 Å². The highest BCUT2D eigenvalue weighted by Crippen LogP contribution is 2.37. The van der Waals surface area contributed by atoms with Gasteiger partial charge in [0.25, 0.3) is 0 Å². The van der Waals surface area contributed by atoms with Crippen LogP contribution in [-0.4, -0.2) is 10.3 Å². The standard InChI is InChI=1S/C16H13NO2S/c1-10-6-2-3-7-11(10)14(17)16-15(18)12-8-4-5-9-13(12)20(16)19/h2-9H,17H2,1H3. The van der Waals surface area contributed by atoms with Gasteiger partial charge in [0, 0.05) is 16.7 Å². The molecule has 0 spiro atoms. The number of carbonyl (C=O) groups excluding carboxylic acids is 1. The number of hydrogen-bond acceptors (Lipinski definition) is 3. The van der Waals surface area contributed by atoms with Gasteiger partial charge in [-0.2, -0.15) is 0 Å². The minimum atomic E-state index is -1.50. The van der Waals surface area contributed by atoms with Gasteiger partial charge in [-0.3, -0.25) is 4.79 Å². The Balaban J connectivity index is 2.19. The normalized spacial score (nSPS) is 19.9. The molecule has 0 fully saturated rings. The van der Waals surface area contributed by atoms with E-state index in [0.717, 1.165) is 11.1 Å². The van der Waals surface area contributed by atoms with Crippen molar-refractivity contribution in [3.8, 4) is 0 Å². The quantitative estimate of drug-likeness (QED) is 0.646. The summed E-state index contributed by atoms with van der Waals surface area (Å²) >= 11 is -1.50. The second kappa shape index (κ2) is 4.81. The van der Waals surface area contributed by atoms with Crippen molar-refractivity contribution < 1.29 is 9.35 Å². The highest BCUT2D eigenvalue weighted by atomic mass is 32.2. The van der Waals surface area contributed by atoms with Gasteiger partial charge in [-0.25, -0.2) is 0 Å². The molecule has 20 heavy (non-hydrogen) atoms. The first-order valence-electron chi connectivity index (χ1n) is 6.22. The molecule has 0 amide bonds. The molecule has 100 valence electrons. The fourth-order valence-electron chi connectivity index (χ4n) is 2.35. The summed E-state index contributed by atoms with van der Waals surface area (Å²) in [5.74, 6) is -0.236. The highest BCUT2D eigenvalue weighted by Gasteiger charge is 2.41. The monoisotopic (exact) mass is 283 g/mol. The Kier molecular flexibility index (Phi) is 3.12. The Bertz CT molecular complexity index is 737. The summed E-state index contributed by atoms with van der Waals surface area (Å²) in [6.07, 6.45) is 0. The molecule has 2 aromatic carbocycles. The zero-order chi connectivity index (χ0) is 14.3. The lowest BCUT2D eigenvalue weighted by molar-refractivity contribution is 0.104.